The number of hydrogen-bond donors (Lipinski definition) is 1. The third-order valence-electron chi connectivity index (χ3n) is 4.75. The van der Waals surface area contributed by atoms with Crippen molar-refractivity contribution in [2.24, 2.45) is 0 Å². The molecular formula is C21H18FN3O3. The first-order chi connectivity index (χ1) is 13.4. The third kappa shape index (κ3) is 3.05. The molecule has 142 valence electrons. The molecule has 1 aliphatic heterocycles. The molecule has 0 saturated carbocycles. The second-order valence-electron chi connectivity index (χ2n) is 7.05. The van der Waals surface area contributed by atoms with Crippen molar-refractivity contribution in [3.8, 4) is 5.75 Å². The Morgan fingerprint density at radius 1 is 1.21 bits per heavy atom. The van der Waals surface area contributed by atoms with Crippen molar-refractivity contribution >= 4 is 34.1 Å². The lowest BCUT2D eigenvalue weighted by atomic mass is 9.96. The Labute approximate surface area is 160 Å². The highest BCUT2D eigenvalue weighted by molar-refractivity contribution is 6.14. The van der Waals surface area contributed by atoms with Crippen LogP contribution in [-0.2, 0) is 9.59 Å². The number of anilines is 2. The summed E-state index contributed by atoms with van der Waals surface area (Å²) in [6, 6.07) is 13.0. The van der Waals surface area contributed by atoms with Crippen LogP contribution in [0, 0.1) is 5.82 Å². The molecule has 2 aromatic carbocycles. The van der Waals surface area contributed by atoms with Crippen molar-refractivity contribution in [2.75, 3.05) is 16.8 Å². The molecule has 0 fully saturated rings. The zero-order valence-electron chi connectivity index (χ0n) is 15.4. The number of halogens is 1. The summed E-state index contributed by atoms with van der Waals surface area (Å²) < 4.78 is 19.2. The number of rotatable bonds is 3. The van der Waals surface area contributed by atoms with E-state index in [4.69, 9.17) is 4.74 Å². The number of nitrogens with zero attached hydrogens (tertiary/aromatic N) is 2. The maximum Gasteiger partial charge on any atom is 0.265 e. The largest absolute Gasteiger partial charge is 0.484 e. The molecule has 0 spiro atoms. The number of carbonyl (C=O) groups excluding carboxylic acids is 2. The molecule has 1 aromatic heterocycles. The van der Waals surface area contributed by atoms with Crippen LogP contribution in [0.15, 0.2) is 54.7 Å². The first-order valence-electron chi connectivity index (χ1n) is 8.78. The first kappa shape index (κ1) is 17.9. The van der Waals surface area contributed by atoms with E-state index in [1.165, 1.54) is 23.1 Å². The zero-order chi connectivity index (χ0) is 19.9. The molecule has 2 amide bonds. The number of benzene rings is 2. The Morgan fingerprint density at radius 3 is 2.86 bits per heavy atom. The summed E-state index contributed by atoms with van der Waals surface area (Å²) in [6.07, 6.45) is 1.70. The molecule has 4 rings (SSSR count). The number of fused-ring (bicyclic) bond motifs is 2. The van der Waals surface area contributed by atoms with Gasteiger partial charge in [0.05, 0.1) is 16.9 Å². The summed E-state index contributed by atoms with van der Waals surface area (Å²) in [5.74, 6) is -0.769. The zero-order valence-corrected chi connectivity index (χ0v) is 15.4. The summed E-state index contributed by atoms with van der Waals surface area (Å²) in [6.45, 7) is 3.00. The molecule has 0 unspecified atom stereocenters. The Morgan fingerprint density at radius 2 is 2.04 bits per heavy atom. The monoisotopic (exact) mass is 379 g/mol. The number of amides is 2. The topological polar surface area (TPSA) is 71.5 Å². The van der Waals surface area contributed by atoms with E-state index in [0.29, 0.717) is 11.4 Å². The second-order valence-corrected chi connectivity index (χ2v) is 7.05. The Bertz CT molecular complexity index is 1100. The fourth-order valence-electron chi connectivity index (χ4n) is 3.28. The average molecular weight is 379 g/mol. The van der Waals surface area contributed by atoms with Gasteiger partial charge < -0.3 is 10.1 Å². The minimum absolute atomic E-state index is 0.259. The van der Waals surface area contributed by atoms with Crippen LogP contribution in [0.3, 0.4) is 0 Å². The lowest BCUT2D eigenvalue weighted by Crippen LogP contribution is -2.59. The highest BCUT2D eigenvalue weighted by Crippen LogP contribution is 2.37. The van der Waals surface area contributed by atoms with Crippen molar-refractivity contribution in [3.05, 3.63) is 60.5 Å². The van der Waals surface area contributed by atoms with Gasteiger partial charge in [-0.1, -0.05) is 6.07 Å². The first-order valence-corrected chi connectivity index (χ1v) is 8.78. The van der Waals surface area contributed by atoms with E-state index in [-0.39, 0.29) is 12.3 Å². The van der Waals surface area contributed by atoms with Crippen molar-refractivity contribution in [2.45, 2.75) is 19.4 Å². The molecule has 0 radical (unpaired) electrons. The normalized spacial score (nSPS) is 15.1. The van der Waals surface area contributed by atoms with E-state index in [0.717, 1.165) is 10.9 Å². The second kappa shape index (κ2) is 6.60. The van der Waals surface area contributed by atoms with E-state index in [2.05, 4.69) is 10.3 Å². The van der Waals surface area contributed by atoms with Crippen LogP contribution in [0.5, 0.6) is 5.75 Å². The summed E-state index contributed by atoms with van der Waals surface area (Å²) in [7, 11) is 0. The molecule has 28 heavy (non-hydrogen) atoms. The maximum atomic E-state index is 13.6. The number of aromatic nitrogens is 1. The summed E-state index contributed by atoms with van der Waals surface area (Å²) >= 11 is 0. The van der Waals surface area contributed by atoms with E-state index in [9.17, 15) is 14.0 Å². The number of ether oxygens (including phenoxy) is 1. The summed E-state index contributed by atoms with van der Waals surface area (Å²) in [5.41, 5.74) is 0.376. The fourth-order valence-corrected chi connectivity index (χ4v) is 3.28. The van der Waals surface area contributed by atoms with Gasteiger partial charge in [0.1, 0.15) is 17.1 Å². The predicted molar refractivity (Wildman–Crippen MR) is 104 cm³/mol. The van der Waals surface area contributed by atoms with E-state index >= 15 is 0 Å². The fraction of sp³-hybridized carbons (Fsp3) is 0.190. The number of hydrogen-bond acceptors (Lipinski definition) is 4. The Balaban J connectivity index is 1.60. The highest BCUT2D eigenvalue weighted by atomic mass is 19.1. The molecule has 0 aliphatic carbocycles. The molecule has 3 aromatic rings. The van der Waals surface area contributed by atoms with Crippen LogP contribution in [0.4, 0.5) is 15.8 Å². The number of nitrogens with one attached hydrogen (secondary N) is 1. The van der Waals surface area contributed by atoms with E-state index in [1.807, 2.05) is 18.2 Å². The minimum Gasteiger partial charge on any atom is -0.484 e. The Hall–Kier alpha value is -3.48. The van der Waals surface area contributed by atoms with Gasteiger partial charge in [-0.2, -0.15) is 0 Å². The predicted octanol–water partition coefficient (Wildman–Crippen LogP) is 3.52. The van der Waals surface area contributed by atoms with Crippen molar-refractivity contribution < 1.29 is 18.7 Å². The lowest BCUT2D eigenvalue weighted by Gasteiger charge is -2.41. The van der Waals surface area contributed by atoms with Gasteiger partial charge in [0.15, 0.2) is 6.61 Å². The van der Waals surface area contributed by atoms with Gasteiger partial charge in [-0.25, -0.2) is 4.39 Å². The summed E-state index contributed by atoms with van der Waals surface area (Å²) in [4.78, 5) is 31.0. The van der Waals surface area contributed by atoms with Gasteiger partial charge >= 0.3 is 0 Å². The van der Waals surface area contributed by atoms with Crippen LogP contribution in [0.2, 0.25) is 0 Å². The molecule has 1 aliphatic rings. The number of carbonyl (C=O) groups is 2. The van der Waals surface area contributed by atoms with Crippen LogP contribution in [0.1, 0.15) is 13.8 Å². The molecule has 7 heteroatoms. The van der Waals surface area contributed by atoms with Gasteiger partial charge in [0, 0.05) is 11.6 Å². The standard InChI is InChI=1S/C21H18FN3O3/c1-21(2)20(27)24-17-11-14(22)5-8-18(17)25(21)19(26)12-28-15-6-7-16-13(10-15)4-3-9-23-16/h3-11H,12H2,1-2H3,(H,24,27). The van der Waals surface area contributed by atoms with Gasteiger partial charge in [-0.3, -0.25) is 19.5 Å². The van der Waals surface area contributed by atoms with Crippen LogP contribution < -0.4 is 15.0 Å². The van der Waals surface area contributed by atoms with Crippen molar-refractivity contribution in [1.29, 1.82) is 0 Å². The quantitative estimate of drug-likeness (QED) is 0.756. The Kier molecular flexibility index (Phi) is 4.22. The van der Waals surface area contributed by atoms with Gasteiger partial charge in [-0.15, -0.1) is 0 Å². The lowest BCUT2D eigenvalue weighted by molar-refractivity contribution is -0.127. The smallest absolute Gasteiger partial charge is 0.265 e. The van der Waals surface area contributed by atoms with Crippen molar-refractivity contribution in [3.63, 3.8) is 0 Å². The summed E-state index contributed by atoms with van der Waals surface area (Å²) in [5, 5.41) is 3.54. The molecule has 0 saturated heterocycles. The molecule has 0 bridgehead atoms. The SMILES string of the molecule is CC1(C)C(=O)Nc2cc(F)ccc2N1C(=O)COc1ccc2ncccc2c1. The van der Waals surface area contributed by atoms with Gasteiger partial charge in [0.2, 0.25) is 5.91 Å². The van der Waals surface area contributed by atoms with E-state index in [1.54, 1.807) is 32.2 Å². The van der Waals surface area contributed by atoms with E-state index < -0.39 is 23.2 Å². The molecule has 0 atom stereocenters. The third-order valence-corrected chi connectivity index (χ3v) is 4.75. The van der Waals surface area contributed by atoms with Gasteiger partial charge in [0.25, 0.3) is 5.91 Å². The van der Waals surface area contributed by atoms with Crippen LogP contribution in [-0.4, -0.2) is 28.9 Å². The van der Waals surface area contributed by atoms with Crippen LogP contribution >= 0.6 is 0 Å². The molecule has 1 N–H and O–H groups in total. The number of pyridine rings is 1. The average Bonchev–Trinajstić information content (AvgIpc) is 2.67. The van der Waals surface area contributed by atoms with Gasteiger partial charge in [-0.05, 0) is 56.3 Å². The minimum atomic E-state index is -1.14. The molecule has 6 nitrogen and oxygen atoms in total. The maximum absolute atomic E-state index is 13.6. The molecular weight excluding hydrogens is 361 g/mol. The van der Waals surface area contributed by atoms with Crippen molar-refractivity contribution in [1.82, 2.24) is 4.98 Å². The van der Waals surface area contributed by atoms with Crippen LogP contribution in [0.25, 0.3) is 10.9 Å². The molecule has 2 heterocycles. The highest BCUT2D eigenvalue weighted by Gasteiger charge is 2.43.